The molecule has 2 rings (SSSR count). The van der Waals surface area contributed by atoms with Gasteiger partial charge >= 0.3 is 0 Å². The van der Waals surface area contributed by atoms with Gasteiger partial charge in [-0.15, -0.1) is 0 Å². The number of hydrogen-bond donors (Lipinski definition) is 0. The first-order valence-electron chi connectivity index (χ1n) is 7.05. The van der Waals surface area contributed by atoms with Gasteiger partial charge in [-0.25, -0.2) is 0 Å². The summed E-state index contributed by atoms with van der Waals surface area (Å²) in [6.07, 6.45) is -0.103. The first-order valence-corrected chi connectivity index (χ1v) is 7.05. The van der Waals surface area contributed by atoms with Gasteiger partial charge in [-0.1, -0.05) is 6.07 Å². The van der Waals surface area contributed by atoms with Crippen molar-refractivity contribution in [2.75, 3.05) is 33.9 Å². The van der Waals surface area contributed by atoms with Crippen LogP contribution in [0.3, 0.4) is 0 Å². The molecule has 1 aliphatic rings. The largest absolute Gasteiger partial charge is 0.497 e. The highest BCUT2D eigenvalue weighted by Crippen LogP contribution is 2.23. The van der Waals surface area contributed by atoms with Gasteiger partial charge in [-0.3, -0.25) is 4.79 Å². The van der Waals surface area contributed by atoms with Crippen molar-refractivity contribution in [2.45, 2.75) is 25.6 Å². The van der Waals surface area contributed by atoms with Crippen LogP contribution in [0.1, 0.15) is 24.2 Å². The zero-order chi connectivity index (χ0) is 15.5. The first-order chi connectivity index (χ1) is 9.95. The van der Waals surface area contributed by atoms with Crippen LogP contribution in [0, 0.1) is 0 Å². The molecule has 0 aliphatic carbocycles. The lowest BCUT2D eigenvalue weighted by atomic mass is 10.0. The summed E-state index contributed by atoms with van der Waals surface area (Å²) in [5.41, 5.74) is 0.249. The monoisotopic (exact) mass is 293 g/mol. The first kappa shape index (κ1) is 15.8. The molecule has 1 unspecified atom stereocenters. The number of nitrogens with zero attached hydrogens (tertiary/aromatic N) is 1. The Balaban J connectivity index is 2.16. The Kier molecular flexibility index (Phi) is 4.85. The van der Waals surface area contributed by atoms with Crippen LogP contribution < -0.4 is 4.74 Å². The fourth-order valence-corrected chi connectivity index (χ4v) is 2.66. The molecule has 0 N–H and O–H groups in total. The lowest BCUT2D eigenvalue weighted by Gasteiger charge is -2.42. The van der Waals surface area contributed by atoms with E-state index in [1.807, 2.05) is 30.9 Å². The summed E-state index contributed by atoms with van der Waals surface area (Å²) < 4.78 is 16.3. The number of morpholine rings is 1. The molecule has 116 valence electrons. The molecule has 1 amide bonds. The Morgan fingerprint density at radius 1 is 1.43 bits per heavy atom. The molecule has 1 atom stereocenters. The molecule has 1 aromatic rings. The third-order valence-electron chi connectivity index (χ3n) is 3.44. The van der Waals surface area contributed by atoms with E-state index in [4.69, 9.17) is 14.2 Å². The Bertz CT molecular complexity index is 501. The minimum atomic E-state index is -0.379. The van der Waals surface area contributed by atoms with Crippen molar-refractivity contribution in [3.8, 4) is 5.75 Å². The highest BCUT2D eigenvalue weighted by molar-refractivity contribution is 5.94. The van der Waals surface area contributed by atoms with Gasteiger partial charge in [-0.05, 0) is 32.0 Å². The van der Waals surface area contributed by atoms with Crippen molar-refractivity contribution in [1.82, 2.24) is 4.90 Å². The molecule has 5 heteroatoms. The number of amides is 1. The highest BCUT2D eigenvalue weighted by atomic mass is 16.5. The zero-order valence-corrected chi connectivity index (χ0v) is 13.1. The number of methoxy groups -OCH3 is 2. The van der Waals surface area contributed by atoms with Gasteiger partial charge in [0.15, 0.2) is 0 Å². The lowest BCUT2D eigenvalue weighted by molar-refractivity contribution is -0.143. The third kappa shape index (κ3) is 3.95. The molecule has 0 spiro atoms. The number of benzene rings is 1. The summed E-state index contributed by atoms with van der Waals surface area (Å²) in [5, 5.41) is 0. The lowest BCUT2D eigenvalue weighted by Crippen LogP contribution is -2.55. The number of rotatable bonds is 4. The van der Waals surface area contributed by atoms with Crippen molar-refractivity contribution in [1.29, 1.82) is 0 Å². The van der Waals surface area contributed by atoms with Gasteiger partial charge < -0.3 is 19.1 Å². The molecule has 0 aromatic heterocycles. The average Bonchev–Trinajstić information content (AvgIpc) is 2.45. The van der Waals surface area contributed by atoms with E-state index in [0.29, 0.717) is 31.0 Å². The highest BCUT2D eigenvalue weighted by Gasteiger charge is 2.35. The SMILES string of the molecule is COCC1CN(C(=O)c2cccc(OC)c2)CC(C)(C)O1. The summed E-state index contributed by atoms with van der Waals surface area (Å²) in [4.78, 5) is 14.5. The van der Waals surface area contributed by atoms with Crippen LogP contribution in [0.25, 0.3) is 0 Å². The Morgan fingerprint density at radius 3 is 2.86 bits per heavy atom. The van der Waals surface area contributed by atoms with Crippen LogP contribution in [0.5, 0.6) is 5.75 Å². The fraction of sp³-hybridized carbons (Fsp3) is 0.562. The van der Waals surface area contributed by atoms with E-state index in [1.165, 1.54) is 0 Å². The quantitative estimate of drug-likeness (QED) is 0.851. The molecule has 0 bridgehead atoms. The van der Waals surface area contributed by atoms with Crippen LogP contribution in [-0.2, 0) is 9.47 Å². The second-order valence-corrected chi connectivity index (χ2v) is 5.87. The number of hydrogen-bond acceptors (Lipinski definition) is 4. The van der Waals surface area contributed by atoms with E-state index >= 15 is 0 Å². The van der Waals surface area contributed by atoms with Crippen molar-refractivity contribution >= 4 is 5.91 Å². The Labute approximate surface area is 125 Å². The van der Waals surface area contributed by atoms with E-state index in [-0.39, 0.29) is 17.6 Å². The maximum Gasteiger partial charge on any atom is 0.254 e. The van der Waals surface area contributed by atoms with Gasteiger partial charge in [0.25, 0.3) is 5.91 Å². The van der Waals surface area contributed by atoms with Gasteiger partial charge in [0.1, 0.15) is 5.75 Å². The van der Waals surface area contributed by atoms with Crippen LogP contribution in [0.4, 0.5) is 0 Å². The van der Waals surface area contributed by atoms with E-state index in [1.54, 1.807) is 26.4 Å². The Hall–Kier alpha value is -1.59. The molecular formula is C16H23NO4. The number of ether oxygens (including phenoxy) is 3. The van der Waals surface area contributed by atoms with Crippen molar-refractivity contribution in [3.63, 3.8) is 0 Å². The second-order valence-electron chi connectivity index (χ2n) is 5.87. The molecular weight excluding hydrogens is 270 g/mol. The molecule has 21 heavy (non-hydrogen) atoms. The predicted molar refractivity (Wildman–Crippen MR) is 79.7 cm³/mol. The normalized spacial score (nSPS) is 21.1. The van der Waals surface area contributed by atoms with E-state index in [9.17, 15) is 4.79 Å². The average molecular weight is 293 g/mol. The summed E-state index contributed by atoms with van der Waals surface area (Å²) in [5.74, 6) is 0.674. The topological polar surface area (TPSA) is 48.0 Å². The predicted octanol–water partition coefficient (Wildman–Crippen LogP) is 1.96. The standard InChI is InChI=1S/C16H23NO4/c1-16(2)11-17(9-14(21-16)10-19-3)15(18)12-6-5-7-13(8-12)20-4/h5-8,14H,9-11H2,1-4H3. The van der Waals surface area contributed by atoms with E-state index < -0.39 is 0 Å². The molecule has 0 radical (unpaired) electrons. The van der Waals surface area contributed by atoms with Crippen molar-refractivity contribution in [3.05, 3.63) is 29.8 Å². The van der Waals surface area contributed by atoms with Gasteiger partial charge in [0.2, 0.25) is 0 Å². The summed E-state index contributed by atoms with van der Waals surface area (Å²) in [7, 11) is 3.23. The van der Waals surface area contributed by atoms with Gasteiger partial charge in [0, 0.05) is 25.8 Å². The maximum atomic E-state index is 12.7. The van der Waals surface area contributed by atoms with Gasteiger partial charge in [0.05, 0.1) is 25.4 Å². The van der Waals surface area contributed by atoms with E-state index in [2.05, 4.69) is 0 Å². The fourth-order valence-electron chi connectivity index (χ4n) is 2.66. The number of carbonyl (C=O) groups excluding carboxylic acids is 1. The molecule has 1 saturated heterocycles. The van der Waals surface area contributed by atoms with Crippen LogP contribution >= 0.6 is 0 Å². The summed E-state index contributed by atoms with van der Waals surface area (Å²) in [6, 6.07) is 7.22. The number of carbonyl (C=O) groups is 1. The minimum Gasteiger partial charge on any atom is -0.497 e. The molecule has 1 aliphatic heterocycles. The zero-order valence-electron chi connectivity index (χ0n) is 13.1. The van der Waals surface area contributed by atoms with Crippen LogP contribution in [0.15, 0.2) is 24.3 Å². The summed E-state index contributed by atoms with van der Waals surface area (Å²) in [6.45, 7) is 5.54. The van der Waals surface area contributed by atoms with E-state index in [0.717, 1.165) is 0 Å². The third-order valence-corrected chi connectivity index (χ3v) is 3.44. The van der Waals surface area contributed by atoms with Crippen LogP contribution in [-0.4, -0.2) is 56.4 Å². The molecule has 0 saturated carbocycles. The molecule has 5 nitrogen and oxygen atoms in total. The molecule has 1 aromatic carbocycles. The Morgan fingerprint density at radius 2 is 2.19 bits per heavy atom. The maximum absolute atomic E-state index is 12.7. The minimum absolute atomic E-state index is 0.00798. The van der Waals surface area contributed by atoms with Crippen molar-refractivity contribution in [2.24, 2.45) is 0 Å². The molecule has 1 fully saturated rings. The second kappa shape index (κ2) is 6.45. The molecule has 1 heterocycles. The van der Waals surface area contributed by atoms with Crippen LogP contribution in [0.2, 0.25) is 0 Å². The summed E-state index contributed by atoms with van der Waals surface area (Å²) >= 11 is 0. The van der Waals surface area contributed by atoms with Gasteiger partial charge in [-0.2, -0.15) is 0 Å². The van der Waals surface area contributed by atoms with Crippen molar-refractivity contribution < 1.29 is 19.0 Å². The smallest absolute Gasteiger partial charge is 0.254 e.